The van der Waals surface area contributed by atoms with Crippen molar-refractivity contribution < 1.29 is 4.79 Å². The van der Waals surface area contributed by atoms with Gasteiger partial charge < -0.3 is 4.90 Å². The van der Waals surface area contributed by atoms with Crippen LogP contribution in [-0.2, 0) is 4.79 Å². The van der Waals surface area contributed by atoms with Gasteiger partial charge in [0.05, 0.1) is 0 Å². The van der Waals surface area contributed by atoms with Crippen LogP contribution < -0.4 is 0 Å². The summed E-state index contributed by atoms with van der Waals surface area (Å²) >= 11 is 0. The lowest BCUT2D eigenvalue weighted by atomic mass is 9.94. The van der Waals surface area contributed by atoms with Crippen molar-refractivity contribution in [2.24, 2.45) is 5.41 Å². The third-order valence-electron chi connectivity index (χ3n) is 2.49. The number of carbonyl (C=O) groups is 1. The average molecular weight is 213 g/mol. The normalized spacial score (nSPS) is 11.5. The van der Waals surface area contributed by atoms with Crippen LogP contribution in [0, 0.1) is 5.41 Å². The van der Waals surface area contributed by atoms with E-state index in [1.165, 1.54) is 0 Å². The lowest BCUT2D eigenvalue weighted by Gasteiger charge is -2.29. The van der Waals surface area contributed by atoms with E-state index in [0.29, 0.717) is 5.91 Å². The number of hydrogen-bond donors (Lipinski definition) is 0. The minimum Gasteiger partial charge on any atom is -0.342 e. The van der Waals surface area contributed by atoms with Crippen LogP contribution in [0.4, 0.5) is 0 Å². The molecule has 0 unspecified atom stereocenters. The van der Waals surface area contributed by atoms with Crippen LogP contribution in [0.5, 0.6) is 0 Å². The summed E-state index contributed by atoms with van der Waals surface area (Å²) in [7, 11) is 0. The maximum Gasteiger partial charge on any atom is 0.227 e. The summed E-state index contributed by atoms with van der Waals surface area (Å²) in [6.07, 6.45) is 4.54. The second-order valence-corrected chi connectivity index (χ2v) is 5.25. The Morgan fingerprint density at radius 3 is 1.67 bits per heavy atom. The highest BCUT2D eigenvalue weighted by atomic mass is 16.2. The van der Waals surface area contributed by atoms with Crippen molar-refractivity contribution >= 4 is 5.91 Å². The van der Waals surface area contributed by atoms with Gasteiger partial charge in [-0.15, -0.1) is 0 Å². The summed E-state index contributed by atoms with van der Waals surface area (Å²) in [5, 5.41) is 0. The third kappa shape index (κ3) is 5.81. The molecule has 0 atom stereocenters. The van der Waals surface area contributed by atoms with Crippen LogP contribution in [0.1, 0.15) is 60.3 Å². The largest absolute Gasteiger partial charge is 0.342 e. The molecule has 0 fully saturated rings. The molecule has 2 nitrogen and oxygen atoms in total. The van der Waals surface area contributed by atoms with E-state index in [1.54, 1.807) is 0 Å². The molecule has 0 aliphatic rings. The van der Waals surface area contributed by atoms with Crippen molar-refractivity contribution in [1.82, 2.24) is 4.90 Å². The maximum atomic E-state index is 12.1. The zero-order chi connectivity index (χ0) is 11.9. The fourth-order valence-electron chi connectivity index (χ4n) is 1.49. The zero-order valence-electron chi connectivity index (χ0n) is 11.1. The molecule has 0 aliphatic carbocycles. The van der Waals surface area contributed by atoms with Gasteiger partial charge in [0.1, 0.15) is 0 Å². The van der Waals surface area contributed by atoms with Gasteiger partial charge in [-0.3, -0.25) is 4.79 Å². The Labute approximate surface area is 95.0 Å². The molecule has 0 radical (unpaired) electrons. The van der Waals surface area contributed by atoms with Crippen LogP contribution in [0.2, 0.25) is 0 Å². The fourth-order valence-corrected chi connectivity index (χ4v) is 1.49. The van der Waals surface area contributed by atoms with Crippen molar-refractivity contribution in [2.75, 3.05) is 13.1 Å². The van der Waals surface area contributed by atoms with Crippen molar-refractivity contribution in [1.29, 1.82) is 0 Å². The molecule has 0 aromatic rings. The number of carbonyl (C=O) groups excluding carboxylic acids is 1. The van der Waals surface area contributed by atoms with Gasteiger partial charge in [-0.05, 0) is 12.8 Å². The van der Waals surface area contributed by atoms with Crippen LogP contribution in [-0.4, -0.2) is 23.9 Å². The number of nitrogens with zero attached hydrogens (tertiary/aromatic N) is 1. The molecular formula is C13H27NO. The molecule has 2 heteroatoms. The van der Waals surface area contributed by atoms with Crippen LogP contribution >= 0.6 is 0 Å². The van der Waals surface area contributed by atoms with E-state index >= 15 is 0 Å². The van der Waals surface area contributed by atoms with Crippen LogP contribution in [0.3, 0.4) is 0 Å². The van der Waals surface area contributed by atoms with E-state index in [2.05, 4.69) is 13.8 Å². The second-order valence-electron chi connectivity index (χ2n) is 5.25. The number of hydrogen-bond acceptors (Lipinski definition) is 1. The molecule has 0 rings (SSSR count). The summed E-state index contributed by atoms with van der Waals surface area (Å²) in [6, 6.07) is 0. The van der Waals surface area contributed by atoms with Crippen molar-refractivity contribution in [3.8, 4) is 0 Å². The minimum absolute atomic E-state index is 0.235. The first-order valence-electron chi connectivity index (χ1n) is 6.22. The average Bonchev–Trinajstić information content (AvgIpc) is 2.16. The summed E-state index contributed by atoms with van der Waals surface area (Å²) in [4.78, 5) is 14.1. The molecule has 0 spiro atoms. The van der Waals surface area contributed by atoms with E-state index in [1.807, 2.05) is 25.7 Å². The summed E-state index contributed by atoms with van der Waals surface area (Å²) in [6.45, 7) is 12.2. The van der Waals surface area contributed by atoms with Gasteiger partial charge in [-0.2, -0.15) is 0 Å². The highest BCUT2D eigenvalue weighted by molar-refractivity contribution is 5.81. The quantitative estimate of drug-likeness (QED) is 0.661. The SMILES string of the molecule is CCCCN(CCCC)C(=O)C(C)(C)C. The predicted molar refractivity (Wildman–Crippen MR) is 65.9 cm³/mol. The van der Waals surface area contributed by atoms with Gasteiger partial charge in [-0.1, -0.05) is 47.5 Å². The predicted octanol–water partition coefficient (Wildman–Crippen LogP) is 3.46. The third-order valence-corrected chi connectivity index (χ3v) is 2.49. The molecule has 0 aromatic heterocycles. The molecule has 90 valence electrons. The molecular weight excluding hydrogens is 186 g/mol. The molecule has 0 heterocycles. The van der Waals surface area contributed by atoms with Gasteiger partial charge in [0.25, 0.3) is 0 Å². The van der Waals surface area contributed by atoms with Gasteiger partial charge in [0, 0.05) is 18.5 Å². The first kappa shape index (κ1) is 14.5. The number of unbranched alkanes of at least 4 members (excludes halogenated alkanes) is 2. The monoisotopic (exact) mass is 213 g/mol. The van der Waals surface area contributed by atoms with E-state index in [0.717, 1.165) is 38.8 Å². The molecule has 0 aromatic carbocycles. The minimum atomic E-state index is -0.235. The fraction of sp³-hybridized carbons (Fsp3) is 0.923. The highest BCUT2D eigenvalue weighted by Gasteiger charge is 2.26. The first-order chi connectivity index (χ1) is 6.93. The highest BCUT2D eigenvalue weighted by Crippen LogP contribution is 2.18. The molecule has 0 saturated carbocycles. The van der Waals surface area contributed by atoms with Gasteiger partial charge >= 0.3 is 0 Å². The van der Waals surface area contributed by atoms with E-state index in [4.69, 9.17) is 0 Å². The lowest BCUT2D eigenvalue weighted by Crippen LogP contribution is -2.40. The maximum absolute atomic E-state index is 12.1. The van der Waals surface area contributed by atoms with Gasteiger partial charge in [0.15, 0.2) is 0 Å². The Morgan fingerprint density at radius 1 is 1.00 bits per heavy atom. The van der Waals surface area contributed by atoms with Crippen molar-refractivity contribution in [3.63, 3.8) is 0 Å². The van der Waals surface area contributed by atoms with Gasteiger partial charge in [-0.25, -0.2) is 0 Å². The van der Waals surface area contributed by atoms with Crippen LogP contribution in [0.15, 0.2) is 0 Å². The molecule has 0 N–H and O–H groups in total. The Bertz CT molecular complexity index is 173. The Balaban J connectivity index is 4.27. The van der Waals surface area contributed by atoms with Gasteiger partial charge in [0.2, 0.25) is 5.91 Å². The van der Waals surface area contributed by atoms with E-state index < -0.39 is 0 Å². The number of rotatable bonds is 6. The first-order valence-corrected chi connectivity index (χ1v) is 6.22. The van der Waals surface area contributed by atoms with Crippen molar-refractivity contribution in [2.45, 2.75) is 60.3 Å². The van der Waals surface area contributed by atoms with E-state index in [9.17, 15) is 4.79 Å². The Morgan fingerprint density at radius 2 is 1.40 bits per heavy atom. The molecule has 0 saturated heterocycles. The molecule has 15 heavy (non-hydrogen) atoms. The smallest absolute Gasteiger partial charge is 0.227 e. The molecule has 0 bridgehead atoms. The summed E-state index contributed by atoms with van der Waals surface area (Å²) in [5.41, 5.74) is -0.235. The zero-order valence-corrected chi connectivity index (χ0v) is 11.1. The summed E-state index contributed by atoms with van der Waals surface area (Å²) < 4.78 is 0. The van der Waals surface area contributed by atoms with Crippen LogP contribution in [0.25, 0.3) is 0 Å². The van der Waals surface area contributed by atoms with Crippen molar-refractivity contribution in [3.05, 3.63) is 0 Å². The Hall–Kier alpha value is -0.530. The standard InChI is InChI=1S/C13H27NO/c1-6-8-10-14(11-9-7-2)12(15)13(3,4)5/h6-11H2,1-5H3. The Kier molecular flexibility index (Phi) is 6.62. The topological polar surface area (TPSA) is 20.3 Å². The lowest BCUT2D eigenvalue weighted by molar-refractivity contribution is -0.139. The summed E-state index contributed by atoms with van der Waals surface area (Å²) in [5.74, 6) is 0.296. The van der Waals surface area contributed by atoms with E-state index in [-0.39, 0.29) is 5.41 Å². The number of amides is 1. The second kappa shape index (κ2) is 6.86. The molecule has 0 aliphatic heterocycles. The molecule has 1 amide bonds.